The smallest absolute Gasteiger partial charge is 0.142 e. The molecule has 0 atom stereocenters. The Morgan fingerprint density at radius 1 is 0.571 bits per heavy atom. The number of carbonyl (C=O) groups is 2. The average Bonchev–Trinajstić information content (AvgIpc) is 2.53. The van der Waals surface area contributed by atoms with Gasteiger partial charge in [0.05, 0.1) is 0 Å². The van der Waals surface area contributed by atoms with Crippen LogP contribution in [0.15, 0.2) is 72.8 Å². The number of benzene rings is 2. The van der Waals surface area contributed by atoms with Gasteiger partial charge in [-0.2, -0.15) is 0 Å². The Morgan fingerprint density at radius 3 is 1.19 bits per heavy atom. The maximum absolute atomic E-state index is 9.89. The van der Waals surface area contributed by atoms with E-state index in [4.69, 9.17) is 0 Å². The summed E-state index contributed by atoms with van der Waals surface area (Å²) in [6, 6.07) is 19.4. The minimum atomic E-state index is 0. The summed E-state index contributed by atoms with van der Waals surface area (Å²) in [6.45, 7) is 0. The van der Waals surface area contributed by atoms with Crippen molar-refractivity contribution in [1.82, 2.24) is 0 Å². The van der Waals surface area contributed by atoms with E-state index in [0.717, 1.165) is 23.7 Å². The maximum atomic E-state index is 9.89. The van der Waals surface area contributed by atoms with Gasteiger partial charge in [0.15, 0.2) is 0 Å². The number of hydrogen-bond acceptors (Lipinski definition) is 2. The molecule has 2 aromatic carbocycles. The Labute approximate surface area is 135 Å². The SMILES string of the molecule is O=CC=Cc1ccccc1.O=CC=Cc1ccccc1.[Ni]. The van der Waals surface area contributed by atoms with E-state index in [9.17, 15) is 9.59 Å². The number of hydrogen-bond donors (Lipinski definition) is 0. The summed E-state index contributed by atoms with van der Waals surface area (Å²) in [5.74, 6) is 0. The molecule has 0 aliphatic heterocycles. The van der Waals surface area contributed by atoms with Gasteiger partial charge in [0, 0.05) is 16.5 Å². The van der Waals surface area contributed by atoms with Gasteiger partial charge in [0.1, 0.15) is 12.6 Å². The van der Waals surface area contributed by atoms with Gasteiger partial charge in [-0.15, -0.1) is 0 Å². The number of aldehydes is 2. The molecule has 2 rings (SSSR count). The van der Waals surface area contributed by atoms with Crippen molar-refractivity contribution in [2.45, 2.75) is 0 Å². The second kappa shape index (κ2) is 12.8. The van der Waals surface area contributed by atoms with Crippen molar-refractivity contribution in [3.8, 4) is 0 Å². The van der Waals surface area contributed by atoms with Crippen LogP contribution in [0.5, 0.6) is 0 Å². The van der Waals surface area contributed by atoms with Crippen molar-refractivity contribution in [1.29, 1.82) is 0 Å². The van der Waals surface area contributed by atoms with Gasteiger partial charge >= 0.3 is 0 Å². The van der Waals surface area contributed by atoms with Gasteiger partial charge in [-0.3, -0.25) is 9.59 Å². The number of rotatable bonds is 4. The Balaban J connectivity index is 0.000000364. The molecule has 0 saturated carbocycles. The molecule has 0 unspecified atom stereocenters. The predicted molar refractivity (Wildman–Crippen MR) is 83.1 cm³/mol. The molecule has 0 aromatic heterocycles. The Kier molecular flexibility index (Phi) is 11.4. The van der Waals surface area contributed by atoms with Crippen molar-refractivity contribution in [2.75, 3.05) is 0 Å². The van der Waals surface area contributed by atoms with E-state index < -0.39 is 0 Å². The summed E-state index contributed by atoms with van der Waals surface area (Å²) in [5, 5.41) is 0. The Morgan fingerprint density at radius 2 is 0.905 bits per heavy atom. The van der Waals surface area contributed by atoms with Gasteiger partial charge in [-0.25, -0.2) is 0 Å². The Hall–Kier alpha value is -2.25. The van der Waals surface area contributed by atoms with Crippen LogP contribution in [-0.4, -0.2) is 12.6 Å². The van der Waals surface area contributed by atoms with Gasteiger partial charge in [0.25, 0.3) is 0 Å². The molecule has 0 N–H and O–H groups in total. The van der Waals surface area contributed by atoms with E-state index in [2.05, 4.69) is 0 Å². The third-order valence-corrected chi connectivity index (χ3v) is 2.33. The van der Waals surface area contributed by atoms with Crippen LogP contribution in [0, 0.1) is 0 Å². The van der Waals surface area contributed by atoms with E-state index in [1.165, 1.54) is 12.2 Å². The van der Waals surface area contributed by atoms with E-state index in [1.54, 1.807) is 12.2 Å². The van der Waals surface area contributed by atoms with Crippen LogP contribution in [0.25, 0.3) is 12.2 Å². The molecule has 0 fully saturated rings. The van der Waals surface area contributed by atoms with Crippen molar-refractivity contribution >= 4 is 24.7 Å². The minimum Gasteiger partial charge on any atom is -0.299 e. The largest absolute Gasteiger partial charge is 0.299 e. The standard InChI is InChI=1S/2C9H8O.Ni/c2*10-8-4-7-9-5-2-1-3-6-9;/h2*1-8H;. The van der Waals surface area contributed by atoms with Crippen molar-refractivity contribution in [2.24, 2.45) is 0 Å². The van der Waals surface area contributed by atoms with Gasteiger partial charge in [-0.05, 0) is 23.3 Å². The van der Waals surface area contributed by atoms with Crippen molar-refractivity contribution < 1.29 is 26.1 Å². The fraction of sp³-hybridized carbons (Fsp3) is 0. The zero-order valence-electron chi connectivity index (χ0n) is 11.4. The molecule has 0 aliphatic rings. The van der Waals surface area contributed by atoms with Crippen LogP contribution in [0.1, 0.15) is 11.1 Å². The van der Waals surface area contributed by atoms with E-state index in [1.807, 2.05) is 60.7 Å². The van der Waals surface area contributed by atoms with Gasteiger partial charge < -0.3 is 0 Å². The molecule has 0 heterocycles. The quantitative estimate of drug-likeness (QED) is 0.487. The van der Waals surface area contributed by atoms with Crippen LogP contribution in [0.2, 0.25) is 0 Å². The zero-order chi connectivity index (χ0) is 14.5. The summed E-state index contributed by atoms with van der Waals surface area (Å²) < 4.78 is 0. The molecular formula is C18H16NiO2. The topological polar surface area (TPSA) is 34.1 Å². The monoisotopic (exact) mass is 322 g/mol. The number of allylic oxidation sites excluding steroid dienone is 2. The van der Waals surface area contributed by atoms with Crippen LogP contribution < -0.4 is 0 Å². The molecule has 0 spiro atoms. The van der Waals surface area contributed by atoms with E-state index >= 15 is 0 Å². The Bertz CT molecular complexity index is 507. The molecule has 0 bridgehead atoms. The first-order valence-corrected chi connectivity index (χ1v) is 6.20. The molecule has 0 amide bonds. The minimum absolute atomic E-state index is 0. The predicted octanol–water partition coefficient (Wildman–Crippen LogP) is 3.79. The molecular weight excluding hydrogens is 307 g/mol. The average molecular weight is 323 g/mol. The van der Waals surface area contributed by atoms with Crippen LogP contribution >= 0.6 is 0 Å². The van der Waals surface area contributed by atoms with Gasteiger partial charge in [0.2, 0.25) is 0 Å². The first-order valence-electron chi connectivity index (χ1n) is 6.20. The molecule has 3 heteroatoms. The second-order valence-corrected chi connectivity index (χ2v) is 3.81. The second-order valence-electron chi connectivity index (χ2n) is 3.81. The summed E-state index contributed by atoms with van der Waals surface area (Å²) in [5.41, 5.74) is 2.10. The fourth-order valence-corrected chi connectivity index (χ4v) is 1.43. The van der Waals surface area contributed by atoms with Crippen molar-refractivity contribution in [3.05, 3.63) is 83.9 Å². The van der Waals surface area contributed by atoms with Crippen LogP contribution in [-0.2, 0) is 26.1 Å². The molecule has 0 radical (unpaired) electrons. The third-order valence-electron chi connectivity index (χ3n) is 2.33. The van der Waals surface area contributed by atoms with Crippen molar-refractivity contribution in [3.63, 3.8) is 0 Å². The summed E-state index contributed by atoms with van der Waals surface area (Å²) in [7, 11) is 0. The number of carbonyl (C=O) groups excluding carboxylic acids is 2. The van der Waals surface area contributed by atoms with Crippen LogP contribution in [0.4, 0.5) is 0 Å². The van der Waals surface area contributed by atoms with Gasteiger partial charge in [-0.1, -0.05) is 72.8 Å². The first-order chi connectivity index (χ1) is 9.86. The molecule has 110 valence electrons. The summed E-state index contributed by atoms with van der Waals surface area (Å²) >= 11 is 0. The van der Waals surface area contributed by atoms with Crippen LogP contribution in [0.3, 0.4) is 0 Å². The molecule has 21 heavy (non-hydrogen) atoms. The summed E-state index contributed by atoms with van der Waals surface area (Å²) in [6.07, 6.45) is 8.05. The van der Waals surface area contributed by atoms with E-state index in [-0.39, 0.29) is 16.5 Å². The third kappa shape index (κ3) is 9.31. The normalized spacial score (nSPS) is 9.52. The fourth-order valence-electron chi connectivity index (χ4n) is 1.43. The summed E-state index contributed by atoms with van der Waals surface area (Å²) in [4.78, 5) is 19.8. The molecule has 0 aliphatic carbocycles. The maximum Gasteiger partial charge on any atom is 0.142 e. The first kappa shape index (κ1) is 18.8. The van der Waals surface area contributed by atoms with E-state index in [0.29, 0.717) is 0 Å². The molecule has 0 saturated heterocycles. The zero-order valence-corrected chi connectivity index (χ0v) is 12.4. The molecule has 2 aromatic rings. The molecule has 2 nitrogen and oxygen atoms in total.